The minimum Gasteiger partial charge on any atom is -0.459 e. The molecule has 1 aromatic heterocycles. The molecular weight excluding hydrogens is 1150 g/mol. The van der Waals surface area contributed by atoms with Gasteiger partial charge in [-0.05, 0) is 101 Å². The Kier molecular flexibility index (Phi) is 29.3. The van der Waals surface area contributed by atoms with Gasteiger partial charge in [0.25, 0.3) is 0 Å². The van der Waals surface area contributed by atoms with Gasteiger partial charge < -0.3 is 74.4 Å². The van der Waals surface area contributed by atoms with E-state index < -0.39 is 114 Å². The number of anilines is 1. The molecule has 0 spiro atoms. The maximum atomic E-state index is 14.8. The molecule has 0 radical (unpaired) electrons. The number of esters is 1. The van der Waals surface area contributed by atoms with Crippen LogP contribution in [0.3, 0.4) is 0 Å². The number of Topliss-reactive ketones (excluding diaryl/α,β-unsaturated/α-hetero) is 2. The molecule has 500 valence electrons. The molecule has 5 aliphatic rings. The first-order valence-electron chi connectivity index (χ1n) is 32.4. The van der Waals surface area contributed by atoms with Crippen molar-refractivity contribution >= 4 is 35.5 Å². The molecule has 3 saturated heterocycles. The van der Waals surface area contributed by atoms with Crippen LogP contribution < -0.4 is 16.0 Å². The second kappa shape index (κ2) is 35.7. The van der Waals surface area contributed by atoms with Crippen LogP contribution in [0.1, 0.15) is 144 Å². The molecular formula is C66H105N7O16. The predicted molar refractivity (Wildman–Crippen MR) is 334 cm³/mol. The zero-order valence-electron chi connectivity index (χ0n) is 54.4. The Bertz CT molecular complexity index is 2540. The summed E-state index contributed by atoms with van der Waals surface area (Å²) in [5.41, 5.74) is 9.05. The van der Waals surface area contributed by atoms with E-state index in [0.717, 1.165) is 12.0 Å². The van der Waals surface area contributed by atoms with E-state index in [-0.39, 0.29) is 43.7 Å². The third-order valence-corrected chi connectivity index (χ3v) is 18.7. The highest BCUT2D eigenvalue weighted by Gasteiger charge is 2.53. The topological polar surface area (TPSA) is 304 Å². The van der Waals surface area contributed by atoms with E-state index in [2.05, 4.69) is 15.3 Å². The number of piperidine rings is 1. The number of fused-ring (bicyclic) bond motifs is 3. The number of cyclic esters (lactones) is 1. The maximum Gasteiger partial charge on any atom is 0.407 e. The van der Waals surface area contributed by atoms with Gasteiger partial charge in [0.2, 0.25) is 23.4 Å². The second-order valence-corrected chi connectivity index (χ2v) is 25.5. The van der Waals surface area contributed by atoms with Gasteiger partial charge in [-0.3, -0.25) is 24.1 Å². The highest BCUT2D eigenvalue weighted by atomic mass is 16.6. The fourth-order valence-corrected chi connectivity index (χ4v) is 13.1. The first-order chi connectivity index (χ1) is 42.5. The summed E-state index contributed by atoms with van der Waals surface area (Å²) in [6.45, 7) is 16.5. The number of aliphatic hydroxyl groups is 4. The van der Waals surface area contributed by atoms with Crippen molar-refractivity contribution in [2.75, 3.05) is 72.2 Å². The van der Waals surface area contributed by atoms with Gasteiger partial charge in [-0.25, -0.2) is 14.8 Å². The smallest absolute Gasteiger partial charge is 0.407 e. The average molecular weight is 1250 g/mol. The number of carbonyl (C=O) groups is 5. The lowest BCUT2D eigenvalue weighted by Crippen LogP contribution is -2.62. The highest BCUT2D eigenvalue weighted by Crippen LogP contribution is 2.38. The first kappa shape index (κ1) is 73.0. The number of nitrogens with zero attached hydrogens (tertiary/aromatic N) is 5. The van der Waals surface area contributed by atoms with Gasteiger partial charge in [0, 0.05) is 122 Å². The lowest BCUT2D eigenvalue weighted by atomic mass is 9.80. The molecule has 17 atom stereocenters. The van der Waals surface area contributed by atoms with Crippen molar-refractivity contribution < 1.29 is 77.6 Å². The fourth-order valence-electron chi connectivity index (χ4n) is 13.1. The van der Waals surface area contributed by atoms with Crippen molar-refractivity contribution in [3.05, 3.63) is 65.6 Å². The van der Waals surface area contributed by atoms with Crippen LogP contribution in [0.4, 0.5) is 10.7 Å². The number of nitrogens with two attached hydrogens (primary N) is 1. The minimum absolute atomic E-state index is 0.0428. The molecule has 1 unspecified atom stereocenters. The Labute approximate surface area is 527 Å². The van der Waals surface area contributed by atoms with E-state index >= 15 is 0 Å². The number of ketones is 2. The summed E-state index contributed by atoms with van der Waals surface area (Å²) >= 11 is 0. The third kappa shape index (κ3) is 20.7. The Morgan fingerprint density at radius 3 is 2.21 bits per heavy atom. The van der Waals surface area contributed by atoms with Crippen LogP contribution in [-0.4, -0.2) is 210 Å². The Morgan fingerprint density at radius 2 is 1.53 bits per heavy atom. The fraction of sp³-hybridized carbons (Fsp3) is 0.742. The molecule has 2 bridgehead atoms. The van der Waals surface area contributed by atoms with Crippen molar-refractivity contribution in [3.63, 3.8) is 0 Å². The van der Waals surface area contributed by atoms with E-state index in [4.69, 9.17) is 38.9 Å². The quantitative estimate of drug-likeness (QED) is 0.0703. The highest BCUT2D eigenvalue weighted by molar-refractivity contribution is 5.90. The molecule has 7 N–H and O–H groups in total. The number of piperazine rings is 1. The predicted octanol–water partition coefficient (Wildman–Crippen LogP) is 5.64. The molecule has 4 aliphatic heterocycles. The Hall–Kier alpha value is -5.05. The van der Waals surface area contributed by atoms with Crippen LogP contribution in [0.5, 0.6) is 0 Å². The van der Waals surface area contributed by atoms with Gasteiger partial charge in [-0.15, -0.1) is 0 Å². The molecule has 23 heteroatoms. The first-order valence-corrected chi connectivity index (χ1v) is 32.4. The molecule has 1 saturated carbocycles. The zero-order valence-corrected chi connectivity index (χ0v) is 54.4. The van der Waals surface area contributed by atoms with Crippen LogP contribution in [0.2, 0.25) is 0 Å². The van der Waals surface area contributed by atoms with Crippen molar-refractivity contribution in [1.82, 2.24) is 25.1 Å². The third-order valence-electron chi connectivity index (χ3n) is 18.7. The van der Waals surface area contributed by atoms with Crippen molar-refractivity contribution in [3.8, 4) is 0 Å². The summed E-state index contributed by atoms with van der Waals surface area (Å²) < 4.78 is 42.1. The average Bonchev–Trinajstić information content (AvgIpc) is 3.30. The maximum absolute atomic E-state index is 14.8. The van der Waals surface area contributed by atoms with Gasteiger partial charge in [0.05, 0.1) is 37.4 Å². The summed E-state index contributed by atoms with van der Waals surface area (Å²) in [5, 5.41) is 49.7. The summed E-state index contributed by atoms with van der Waals surface area (Å²) in [6, 6.07) is -1.90. The number of amides is 2. The van der Waals surface area contributed by atoms with Crippen molar-refractivity contribution in [2.24, 2.45) is 35.3 Å². The number of aliphatic hydroxyl groups excluding tert-OH is 3. The summed E-state index contributed by atoms with van der Waals surface area (Å²) in [4.78, 5) is 83.2. The number of hydrogen-bond donors (Lipinski definition) is 6. The normalized spacial score (nSPS) is 35.4. The van der Waals surface area contributed by atoms with E-state index in [1.54, 1.807) is 53.5 Å². The molecule has 23 nitrogen and oxygen atoms in total. The Morgan fingerprint density at radius 1 is 0.809 bits per heavy atom. The van der Waals surface area contributed by atoms with Crippen LogP contribution in [0.15, 0.2) is 60.0 Å². The lowest BCUT2D eigenvalue weighted by molar-refractivity contribution is -0.275. The van der Waals surface area contributed by atoms with Crippen molar-refractivity contribution in [1.29, 1.82) is 0 Å². The van der Waals surface area contributed by atoms with Gasteiger partial charge in [0.1, 0.15) is 30.5 Å². The van der Waals surface area contributed by atoms with Gasteiger partial charge >= 0.3 is 12.1 Å². The zero-order chi connectivity index (χ0) is 65.0. The number of alkyl carbamates (subject to hydrolysis) is 1. The monoisotopic (exact) mass is 1250 g/mol. The van der Waals surface area contributed by atoms with Gasteiger partial charge in [-0.2, -0.15) is 0 Å². The van der Waals surface area contributed by atoms with E-state index in [0.29, 0.717) is 127 Å². The number of allylic oxidation sites excluding steroid dienone is 5. The molecule has 4 fully saturated rings. The van der Waals surface area contributed by atoms with Crippen molar-refractivity contribution in [2.45, 2.75) is 218 Å². The number of hydrogen-bond acceptors (Lipinski definition) is 21. The Balaban J connectivity index is 1.15. The number of ether oxygens (including phenoxy) is 7. The number of carbonyl (C=O) groups excluding carboxylic acids is 5. The summed E-state index contributed by atoms with van der Waals surface area (Å²) in [7, 11) is 4.64. The van der Waals surface area contributed by atoms with Crippen LogP contribution in [0, 0.1) is 29.6 Å². The molecule has 89 heavy (non-hydrogen) atoms. The molecule has 5 heterocycles. The molecule has 1 aliphatic carbocycles. The van der Waals surface area contributed by atoms with Crippen LogP contribution >= 0.6 is 0 Å². The number of methoxy groups -OCH3 is 3. The van der Waals surface area contributed by atoms with E-state index in [1.807, 2.05) is 67.9 Å². The van der Waals surface area contributed by atoms with Crippen LogP contribution in [0.25, 0.3) is 0 Å². The standard InChI is InChI=1S/C66H105N7O16/c1-11-30-86-31-24-57(74)71-26-28-72(29-27-71)64-68-38-48(39-69-64)40-70-65(81)88-52-23-21-47(35-56(52)85-10)34-50(67)55-37-54(84-9)43(4)33-45(6)59(76)60(77)58(75)44(5)32-41(2)17-13-12-14-18-42(3)53(83-8)36-49-22-20-46(7)66(82,89-49)61(78)62(79)73-25-16-15-19-51(73)63(80)87-55/h12-14,17-18,33,38-39,41,43-44,46-47,49-56,59-60,62,76-77,79,82H,11,15-16,19-32,34-37,40,67H2,1-10H3,(H,70,81)/b14-12+,17-13+,42-18+,45-33+/t41-,43-,44-,46-,47+,49+,50-,51+,52-,53+,54-,55+,56-,59-,60+,62?,66-/m1/s1. The number of aromatic nitrogens is 2. The number of nitrogens with one attached hydrogen (secondary N) is 1. The van der Waals surface area contributed by atoms with Gasteiger partial charge in [-0.1, -0.05) is 77.5 Å². The lowest BCUT2D eigenvalue weighted by Gasteiger charge is -2.45. The SMILES string of the molecule is CCCOCCC(=O)N1CCN(c2ncc(CNC(=O)O[C@@H]3CC[C@@H](C[C@@H](N)[C@@H]4C[C@@H](OC)[C@H](C)/C=C(\C)[C@@H](O)[C@@H](O)C(=O)[C@H](C)C[C@H](C)/C=C/C=C/C=C(\C)[C@@H](OC)C[C@@H]5CC[C@@H](C)[C@@](O)(O5)C(=O)C(O)N5CCCC[C@H]5C(=O)O4)C[C@H]3OC)cn2)CC1. The second-order valence-electron chi connectivity index (χ2n) is 25.5. The molecule has 1 aromatic rings. The molecule has 0 aromatic carbocycles. The van der Waals surface area contributed by atoms with Gasteiger partial charge in [0.15, 0.2) is 12.0 Å². The van der Waals surface area contributed by atoms with E-state index in [9.17, 15) is 44.4 Å². The largest absolute Gasteiger partial charge is 0.459 e. The number of rotatable bonds is 15. The minimum atomic E-state index is -2.37. The molecule has 6 rings (SSSR count). The summed E-state index contributed by atoms with van der Waals surface area (Å²) in [5.74, 6) is -5.80. The summed E-state index contributed by atoms with van der Waals surface area (Å²) in [6.07, 6.45) is 11.2. The van der Waals surface area contributed by atoms with Crippen LogP contribution in [-0.2, 0) is 58.9 Å². The van der Waals surface area contributed by atoms with E-state index in [1.165, 1.54) is 12.0 Å². The molecule has 2 amide bonds.